The van der Waals surface area contributed by atoms with Gasteiger partial charge in [-0.25, -0.2) is 0 Å². The van der Waals surface area contributed by atoms with Gasteiger partial charge in [0.05, 0.1) is 19.8 Å². The highest BCUT2D eigenvalue weighted by molar-refractivity contribution is 5.65. The molecule has 0 aromatic carbocycles. The van der Waals surface area contributed by atoms with Crippen molar-refractivity contribution in [2.45, 2.75) is 6.92 Å². The van der Waals surface area contributed by atoms with Crippen molar-refractivity contribution in [1.29, 1.82) is 0 Å². The Morgan fingerprint density at radius 2 is 2.44 bits per heavy atom. The molecule has 3 heteroatoms. The van der Waals surface area contributed by atoms with E-state index in [-0.39, 0.29) is 5.97 Å². The zero-order valence-electron chi connectivity index (χ0n) is 5.42. The van der Waals surface area contributed by atoms with Crippen LogP contribution in [0.3, 0.4) is 0 Å². The molecule has 0 N–H and O–H groups in total. The third-order valence-electron chi connectivity index (χ3n) is 1.23. The highest BCUT2D eigenvalue weighted by atomic mass is 16.5. The molecule has 3 nitrogen and oxygen atoms in total. The Morgan fingerprint density at radius 3 is 2.78 bits per heavy atom. The van der Waals surface area contributed by atoms with Crippen molar-refractivity contribution in [3.8, 4) is 0 Å². The minimum absolute atomic E-state index is 0.207. The van der Waals surface area contributed by atoms with Gasteiger partial charge in [-0.05, 0) is 0 Å². The monoisotopic (exact) mass is 130 g/mol. The molecule has 0 aromatic heterocycles. The molecule has 1 rings (SSSR count). The molecule has 0 spiro atoms. The molecule has 0 atom stereocenters. The van der Waals surface area contributed by atoms with Crippen LogP contribution in [0, 0.1) is 5.92 Å². The number of hydrogen-bond donors (Lipinski definition) is 0. The van der Waals surface area contributed by atoms with Gasteiger partial charge < -0.3 is 9.47 Å². The summed E-state index contributed by atoms with van der Waals surface area (Å²) in [5.74, 6) is 0.246. The Morgan fingerprint density at radius 1 is 1.78 bits per heavy atom. The SMILES string of the molecule is CC(=O)OCC1COC1. The van der Waals surface area contributed by atoms with Crippen LogP contribution >= 0.6 is 0 Å². The van der Waals surface area contributed by atoms with E-state index < -0.39 is 0 Å². The third kappa shape index (κ3) is 2.01. The van der Waals surface area contributed by atoms with Gasteiger partial charge in [-0.3, -0.25) is 4.79 Å². The Kier molecular flexibility index (Phi) is 2.05. The van der Waals surface area contributed by atoms with Crippen LogP contribution in [-0.4, -0.2) is 25.8 Å². The van der Waals surface area contributed by atoms with Crippen LogP contribution < -0.4 is 0 Å². The Balaban J connectivity index is 1.97. The molecule has 0 saturated carbocycles. The van der Waals surface area contributed by atoms with Gasteiger partial charge in [-0.15, -0.1) is 0 Å². The minimum atomic E-state index is -0.207. The van der Waals surface area contributed by atoms with E-state index in [1.807, 2.05) is 0 Å². The quantitative estimate of drug-likeness (QED) is 0.501. The van der Waals surface area contributed by atoms with Crippen molar-refractivity contribution in [3.63, 3.8) is 0 Å². The first-order chi connectivity index (χ1) is 4.29. The fourth-order valence-corrected chi connectivity index (χ4v) is 0.616. The zero-order valence-corrected chi connectivity index (χ0v) is 5.42. The molecular formula is C6H10O3. The number of ether oxygens (including phenoxy) is 2. The maximum Gasteiger partial charge on any atom is 0.302 e. The van der Waals surface area contributed by atoms with E-state index in [9.17, 15) is 4.79 Å². The lowest BCUT2D eigenvalue weighted by Crippen LogP contribution is -2.32. The summed E-state index contributed by atoms with van der Waals surface area (Å²) in [6.07, 6.45) is 0. The molecule has 1 heterocycles. The summed E-state index contributed by atoms with van der Waals surface area (Å²) in [7, 11) is 0. The Labute approximate surface area is 53.9 Å². The van der Waals surface area contributed by atoms with Crippen molar-refractivity contribution in [3.05, 3.63) is 0 Å². The number of rotatable bonds is 2. The molecule has 0 unspecified atom stereocenters. The molecule has 0 amide bonds. The third-order valence-corrected chi connectivity index (χ3v) is 1.23. The summed E-state index contributed by atoms with van der Waals surface area (Å²) in [4.78, 5) is 10.2. The molecule has 1 aliphatic rings. The summed E-state index contributed by atoms with van der Waals surface area (Å²) in [6, 6.07) is 0. The summed E-state index contributed by atoms with van der Waals surface area (Å²) < 4.78 is 9.60. The van der Waals surface area contributed by atoms with Gasteiger partial charge in [0.25, 0.3) is 0 Å². The lowest BCUT2D eigenvalue weighted by atomic mass is 10.1. The van der Waals surface area contributed by atoms with Crippen molar-refractivity contribution in [1.82, 2.24) is 0 Å². The van der Waals surface area contributed by atoms with Crippen molar-refractivity contribution < 1.29 is 14.3 Å². The van der Waals surface area contributed by atoms with E-state index in [0.29, 0.717) is 12.5 Å². The summed E-state index contributed by atoms with van der Waals surface area (Å²) in [5.41, 5.74) is 0. The second kappa shape index (κ2) is 2.82. The summed E-state index contributed by atoms with van der Waals surface area (Å²) in [6.45, 7) is 3.43. The van der Waals surface area contributed by atoms with E-state index >= 15 is 0 Å². The van der Waals surface area contributed by atoms with Gasteiger partial charge in [0.2, 0.25) is 0 Å². The van der Waals surface area contributed by atoms with Gasteiger partial charge >= 0.3 is 5.97 Å². The van der Waals surface area contributed by atoms with Crippen LogP contribution in [0.25, 0.3) is 0 Å². The number of carbonyl (C=O) groups is 1. The Hall–Kier alpha value is -0.570. The predicted octanol–water partition coefficient (Wildman–Crippen LogP) is 0.196. The first kappa shape index (κ1) is 6.55. The Bertz CT molecular complexity index is 107. The maximum atomic E-state index is 10.2. The molecule has 9 heavy (non-hydrogen) atoms. The van der Waals surface area contributed by atoms with Crippen LogP contribution in [-0.2, 0) is 14.3 Å². The molecule has 52 valence electrons. The summed E-state index contributed by atoms with van der Waals surface area (Å²) >= 11 is 0. The molecule has 0 bridgehead atoms. The second-order valence-electron chi connectivity index (χ2n) is 2.21. The number of esters is 1. The maximum absolute atomic E-state index is 10.2. The molecular weight excluding hydrogens is 120 g/mol. The van der Waals surface area contributed by atoms with Gasteiger partial charge in [-0.1, -0.05) is 0 Å². The van der Waals surface area contributed by atoms with Crippen LogP contribution in [0.15, 0.2) is 0 Å². The summed E-state index contributed by atoms with van der Waals surface area (Å²) in [5, 5.41) is 0. The van der Waals surface area contributed by atoms with Gasteiger partial charge in [0.1, 0.15) is 0 Å². The first-order valence-corrected chi connectivity index (χ1v) is 3.00. The average Bonchev–Trinajstić information content (AvgIpc) is 1.60. The second-order valence-corrected chi connectivity index (χ2v) is 2.21. The largest absolute Gasteiger partial charge is 0.465 e. The van der Waals surface area contributed by atoms with E-state index in [2.05, 4.69) is 0 Å². The lowest BCUT2D eigenvalue weighted by Gasteiger charge is -2.24. The smallest absolute Gasteiger partial charge is 0.302 e. The standard InChI is InChI=1S/C6H10O3/c1-5(7)9-4-6-2-8-3-6/h6H,2-4H2,1H3. The highest BCUT2D eigenvalue weighted by Crippen LogP contribution is 2.09. The normalized spacial score (nSPS) is 18.8. The first-order valence-electron chi connectivity index (χ1n) is 3.00. The van der Waals surface area contributed by atoms with E-state index in [1.165, 1.54) is 6.92 Å². The lowest BCUT2D eigenvalue weighted by molar-refractivity contribution is -0.148. The van der Waals surface area contributed by atoms with E-state index in [1.54, 1.807) is 0 Å². The van der Waals surface area contributed by atoms with Gasteiger partial charge in [0, 0.05) is 12.8 Å². The van der Waals surface area contributed by atoms with Crippen LogP contribution in [0.5, 0.6) is 0 Å². The number of hydrogen-bond acceptors (Lipinski definition) is 3. The molecule has 0 aliphatic carbocycles. The minimum Gasteiger partial charge on any atom is -0.465 e. The molecule has 1 fully saturated rings. The fourth-order valence-electron chi connectivity index (χ4n) is 0.616. The predicted molar refractivity (Wildman–Crippen MR) is 30.9 cm³/mol. The molecule has 1 saturated heterocycles. The van der Waals surface area contributed by atoms with Crippen molar-refractivity contribution in [2.24, 2.45) is 5.92 Å². The van der Waals surface area contributed by atoms with E-state index in [4.69, 9.17) is 9.47 Å². The molecule has 0 radical (unpaired) electrons. The van der Waals surface area contributed by atoms with Crippen LogP contribution in [0.1, 0.15) is 6.92 Å². The average molecular weight is 130 g/mol. The van der Waals surface area contributed by atoms with Crippen molar-refractivity contribution >= 4 is 5.97 Å². The molecule has 0 aromatic rings. The number of carbonyl (C=O) groups excluding carboxylic acids is 1. The topological polar surface area (TPSA) is 35.5 Å². The zero-order chi connectivity index (χ0) is 6.69. The van der Waals surface area contributed by atoms with Crippen molar-refractivity contribution in [2.75, 3.05) is 19.8 Å². The van der Waals surface area contributed by atoms with Gasteiger partial charge in [-0.2, -0.15) is 0 Å². The van der Waals surface area contributed by atoms with Crippen LogP contribution in [0.4, 0.5) is 0 Å². The fraction of sp³-hybridized carbons (Fsp3) is 0.833. The highest BCUT2D eigenvalue weighted by Gasteiger charge is 2.18. The van der Waals surface area contributed by atoms with E-state index in [0.717, 1.165) is 13.2 Å². The van der Waals surface area contributed by atoms with Crippen LogP contribution in [0.2, 0.25) is 0 Å². The molecule has 1 aliphatic heterocycles. The van der Waals surface area contributed by atoms with Gasteiger partial charge in [0.15, 0.2) is 0 Å².